The zero-order valence-corrected chi connectivity index (χ0v) is 13.4. The third kappa shape index (κ3) is 4.27. The molecule has 1 saturated heterocycles. The number of hydrogen-bond acceptors (Lipinski definition) is 3. The molecule has 1 atom stereocenters. The lowest BCUT2D eigenvalue weighted by atomic mass is 10.1. The van der Waals surface area contributed by atoms with E-state index in [1.54, 1.807) is 6.07 Å². The number of carbonyl (C=O) groups excluding carboxylic acids is 1. The maximum atomic E-state index is 13.9. The van der Waals surface area contributed by atoms with Crippen molar-refractivity contribution in [1.29, 1.82) is 0 Å². The summed E-state index contributed by atoms with van der Waals surface area (Å²) in [4.78, 5) is 16.1. The molecular formula is C17H25FN2O2. The Kier molecular flexibility index (Phi) is 6.34. The fourth-order valence-electron chi connectivity index (χ4n) is 2.83. The summed E-state index contributed by atoms with van der Waals surface area (Å²) in [7, 11) is 0. The normalized spacial score (nSPS) is 17.5. The average Bonchev–Trinajstić information content (AvgIpc) is 2.55. The number of ether oxygens (including phenoxy) is 1. The van der Waals surface area contributed by atoms with E-state index in [-0.39, 0.29) is 17.8 Å². The predicted octanol–water partition coefficient (Wildman–Crippen LogP) is 2.46. The third-order valence-electron chi connectivity index (χ3n) is 4.23. The molecule has 1 aliphatic heterocycles. The molecule has 0 radical (unpaired) electrons. The van der Waals surface area contributed by atoms with Crippen LogP contribution in [-0.2, 0) is 9.53 Å². The molecule has 0 N–H and O–H groups in total. The molecule has 1 aromatic carbocycles. The Morgan fingerprint density at radius 1 is 1.27 bits per heavy atom. The van der Waals surface area contributed by atoms with Crippen LogP contribution in [0.1, 0.15) is 31.9 Å². The van der Waals surface area contributed by atoms with Crippen LogP contribution in [0.5, 0.6) is 0 Å². The van der Waals surface area contributed by atoms with E-state index >= 15 is 0 Å². The molecule has 5 heteroatoms. The summed E-state index contributed by atoms with van der Waals surface area (Å²) in [6, 6.07) is 6.93. The van der Waals surface area contributed by atoms with Crippen molar-refractivity contribution in [2.45, 2.75) is 26.3 Å². The Morgan fingerprint density at radius 3 is 2.59 bits per heavy atom. The number of piperazine rings is 1. The zero-order chi connectivity index (χ0) is 15.9. The summed E-state index contributed by atoms with van der Waals surface area (Å²) >= 11 is 0. The van der Waals surface area contributed by atoms with Crippen LogP contribution in [0.2, 0.25) is 0 Å². The number of halogens is 1. The van der Waals surface area contributed by atoms with Gasteiger partial charge in [-0.25, -0.2) is 4.39 Å². The van der Waals surface area contributed by atoms with Crippen LogP contribution in [-0.4, -0.2) is 55.1 Å². The smallest absolute Gasteiger partial charge is 0.224 e. The van der Waals surface area contributed by atoms with E-state index in [0.29, 0.717) is 32.7 Å². The first-order valence-electron chi connectivity index (χ1n) is 7.97. The van der Waals surface area contributed by atoms with Crippen molar-refractivity contribution in [2.75, 3.05) is 39.4 Å². The average molecular weight is 308 g/mol. The molecule has 0 spiro atoms. The predicted molar refractivity (Wildman–Crippen MR) is 84.1 cm³/mol. The van der Waals surface area contributed by atoms with Crippen LogP contribution in [0.3, 0.4) is 0 Å². The first kappa shape index (κ1) is 16.9. The first-order chi connectivity index (χ1) is 10.6. The molecular weight excluding hydrogens is 283 g/mol. The Labute approximate surface area is 131 Å². The van der Waals surface area contributed by atoms with E-state index in [0.717, 1.165) is 18.7 Å². The van der Waals surface area contributed by atoms with Crippen LogP contribution >= 0.6 is 0 Å². The van der Waals surface area contributed by atoms with Gasteiger partial charge < -0.3 is 9.64 Å². The molecule has 1 unspecified atom stereocenters. The van der Waals surface area contributed by atoms with Crippen molar-refractivity contribution in [1.82, 2.24) is 9.80 Å². The molecule has 1 heterocycles. The van der Waals surface area contributed by atoms with Crippen molar-refractivity contribution in [3.63, 3.8) is 0 Å². The van der Waals surface area contributed by atoms with Gasteiger partial charge in [0.15, 0.2) is 0 Å². The number of carbonyl (C=O) groups is 1. The molecule has 2 rings (SSSR count). The Hall–Kier alpha value is -1.46. The van der Waals surface area contributed by atoms with Gasteiger partial charge in [0, 0.05) is 44.4 Å². The summed E-state index contributed by atoms with van der Waals surface area (Å²) in [5.41, 5.74) is 0.721. The minimum Gasteiger partial charge on any atom is -0.381 e. The van der Waals surface area contributed by atoms with E-state index in [1.807, 2.05) is 30.9 Å². The van der Waals surface area contributed by atoms with E-state index in [9.17, 15) is 9.18 Å². The second-order valence-electron chi connectivity index (χ2n) is 5.56. The van der Waals surface area contributed by atoms with Crippen molar-refractivity contribution < 1.29 is 13.9 Å². The lowest BCUT2D eigenvalue weighted by molar-refractivity contribution is -0.134. The van der Waals surface area contributed by atoms with Crippen LogP contribution in [0.15, 0.2) is 24.3 Å². The van der Waals surface area contributed by atoms with E-state index in [4.69, 9.17) is 4.74 Å². The maximum absolute atomic E-state index is 13.9. The van der Waals surface area contributed by atoms with Gasteiger partial charge >= 0.3 is 0 Å². The van der Waals surface area contributed by atoms with Crippen molar-refractivity contribution >= 4 is 5.91 Å². The largest absolute Gasteiger partial charge is 0.381 e. The van der Waals surface area contributed by atoms with Crippen molar-refractivity contribution in [3.8, 4) is 0 Å². The molecule has 122 valence electrons. The van der Waals surface area contributed by atoms with Gasteiger partial charge in [-0.3, -0.25) is 9.69 Å². The van der Waals surface area contributed by atoms with Crippen molar-refractivity contribution in [2.24, 2.45) is 0 Å². The highest BCUT2D eigenvalue weighted by Gasteiger charge is 2.25. The molecule has 4 nitrogen and oxygen atoms in total. The van der Waals surface area contributed by atoms with Crippen molar-refractivity contribution in [3.05, 3.63) is 35.6 Å². The summed E-state index contributed by atoms with van der Waals surface area (Å²) in [5.74, 6) is -0.0168. The second-order valence-corrected chi connectivity index (χ2v) is 5.56. The molecule has 1 aliphatic rings. The van der Waals surface area contributed by atoms with Crippen LogP contribution in [0.4, 0.5) is 4.39 Å². The molecule has 1 amide bonds. The molecule has 0 bridgehead atoms. The number of nitrogens with zero attached hydrogens (tertiary/aromatic N) is 2. The Morgan fingerprint density at radius 2 is 1.95 bits per heavy atom. The molecule has 0 saturated carbocycles. The summed E-state index contributed by atoms with van der Waals surface area (Å²) < 4.78 is 19.1. The number of hydrogen-bond donors (Lipinski definition) is 0. The summed E-state index contributed by atoms with van der Waals surface area (Å²) in [5, 5.41) is 0. The van der Waals surface area contributed by atoms with Gasteiger partial charge in [-0.05, 0) is 19.9 Å². The molecule has 0 aromatic heterocycles. The Bertz CT molecular complexity index is 487. The third-order valence-corrected chi connectivity index (χ3v) is 4.23. The highest BCUT2D eigenvalue weighted by atomic mass is 19.1. The first-order valence-corrected chi connectivity index (χ1v) is 7.97. The molecule has 1 fully saturated rings. The van der Waals surface area contributed by atoms with Gasteiger partial charge in [0.25, 0.3) is 0 Å². The zero-order valence-electron chi connectivity index (χ0n) is 13.4. The topological polar surface area (TPSA) is 32.8 Å². The van der Waals surface area contributed by atoms with Gasteiger partial charge in [0.05, 0.1) is 13.0 Å². The lowest BCUT2D eigenvalue weighted by Crippen LogP contribution is -2.49. The van der Waals surface area contributed by atoms with Gasteiger partial charge in [0.2, 0.25) is 5.91 Å². The van der Waals surface area contributed by atoms with E-state index < -0.39 is 0 Å². The lowest BCUT2D eigenvalue weighted by Gasteiger charge is -2.38. The fourth-order valence-corrected chi connectivity index (χ4v) is 2.83. The number of amides is 1. The molecule has 0 aliphatic carbocycles. The summed E-state index contributed by atoms with van der Waals surface area (Å²) in [6.45, 7) is 8.01. The van der Waals surface area contributed by atoms with Gasteiger partial charge in [-0.1, -0.05) is 18.2 Å². The van der Waals surface area contributed by atoms with E-state index in [2.05, 4.69) is 4.90 Å². The minimum atomic E-state index is -0.162. The molecule has 1 aromatic rings. The maximum Gasteiger partial charge on any atom is 0.224 e. The van der Waals surface area contributed by atoms with Crippen LogP contribution in [0, 0.1) is 5.82 Å². The number of benzene rings is 1. The quantitative estimate of drug-likeness (QED) is 0.757. The highest BCUT2D eigenvalue weighted by molar-refractivity contribution is 5.76. The summed E-state index contributed by atoms with van der Waals surface area (Å²) in [6.07, 6.45) is 0.441. The second kappa shape index (κ2) is 8.25. The van der Waals surface area contributed by atoms with Crippen LogP contribution < -0.4 is 0 Å². The van der Waals surface area contributed by atoms with E-state index in [1.165, 1.54) is 6.07 Å². The standard InChI is InChI=1S/C17H25FN2O2/c1-3-22-13-8-17(21)20-11-9-19(10-12-20)14(2)15-6-4-5-7-16(15)18/h4-7,14H,3,8-13H2,1-2H3. The highest BCUT2D eigenvalue weighted by Crippen LogP contribution is 2.23. The van der Waals surface area contributed by atoms with Gasteiger partial charge in [-0.2, -0.15) is 0 Å². The fraction of sp³-hybridized carbons (Fsp3) is 0.588. The van der Waals surface area contributed by atoms with Gasteiger partial charge in [-0.15, -0.1) is 0 Å². The Balaban J connectivity index is 1.84. The monoisotopic (exact) mass is 308 g/mol. The van der Waals surface area contributed by atoms with Gasteiger partial charge in [0.1, 0.15) is 5.82 Å². The van der Waals surface area contributed by atoms with Crippen LogP contribution in [0.25, 0.3) is 0 Å². The minimum absolute atomic E-state index is 0.0295. The SMILES string of the molecule is CCOCCC(=O)N1CCN(C(C)c2ccccc2F)CC1. The molecule has 22 heavy (non-hydrogen) atoms. The number of rotatable bonds is 6.